The molecule has 0 saturated heterocycles. The zero-order valence-electron chi connectivity index (χ0n) is 10.4. The second-order valence-corrected chi connectivity index (χ2v) is 5.55. The van der Waals surface area contributed by atoms with Crippen LogP contribution in [0.25, 0.3) is 0 Å². The molecule has 0 radical (unpaired) electrons. The maximum Gasteiger partial charge on any atom is 0.307 e. The molecule has 0 aromatic rings. The first kappa shape index (κ1) is 12.4. The van der Waals surface area contributed by atoms with Crippen LogP contribution in [-0.2, 0) is 9.59 Å². The lowest BCUT2D eigenvalue weighted by Gasteiger charge is -2.18. The molecule has 2 aliphatic carbocycles. The number of hydrogen-bond donors (Lipinski definition) is 2. The molecule has 0 bridgehead atoms. The van der Waals surface area contributed by atoms with Crippen LogP contribution in [0.2, 0.25) is 0 Å². The summed E-state index contributed by atoms with van der Waals surface area (Å²) in [6.07, 6.45) is 5.70. The summed E-state index contributed by atoms with van der Waals surface area (Å²) in [4.78, 5) is 23.0. The summed E-state index contributed by atoms with van der Waals surface area (Å²) in [6.45, 7) is 2.87. The van der Waals surface area contributed by atoms with E-state index in [-0.39, 0.29) is 11.8 Å². The van der Waals surface area contributed by atoms with Crippen LogP contribution >= 0.6 is 0 Å². The summed E-state index contributed by atoms with van der Waals surface area (Å²) in [6, 6.07) is 0. The van der Waals surface area contributed by atoms with Gasteiger partial charge < -0.3 is 10.4 Å². The van der Waals surface area contributed by atoms with Crippen molar-refractivity contribution in [2.45, 2.75) is 45.4 Å². The van der Waals surface area contributed by atoms with Gasteiger partial charge >= 0.3 is 5.97 Å². The zero-order chi connectivity index (χ0) is 12.5. The molecule has 2 rings (SSSR count). The topological polar surface area (TPSA) is 66.4 Å². The van der Waals surface area contributed by atoms with Crippen molar-refractivity contribution in [1.29, 1.82) is 0 Å². The van der Waals surface area contributed by atoms with Crippen molar-refractivity contribution < 1.29 is 14.7 Å². The third-order valence-corrected chi connectivity index (χ3v) is 4.51. The Bertz CT molecular complexity index is 323. The Kier molecular flexibility index (Phi) is 3.40. The summed E-state index contributed by atoms with van der Waals surface area (Å²) in [5, 5.41) is 12.0. The van der Waals surface area contributed by atoms with Crippen LogP contribution in [0.3, 0.4) is 0 Å². The third kappa shape index (κ3) is 2.61. The molecule has 4 nitrogen and oxygen atoms in total. The van der Waals surface area contributed by atoms with Crippen LogP contribution in [0.5, 0.6) is 0 Å². The summed E-state index contributed by atoms with van der Waals surface area (Å²) >= 11 is 0. The van der Waals surface area contributed by atoms with Crippen LogP contribution in [0.1, 0.15) is 45.4 Å². The fourth-order valence-corrected chi connectivity index (χ4v) is 2.81. The van der Waals surface area contributed by atoms with Crippen molar-refractivity contribution in [2.24, 2.45) is 17.3 Å². The largest absolute Gasteiger partial charge is 0.481 e. The molecule has 4 heteroatoms. The maximum absolute atomic E-state index is 12.0. The number of carboxylic acids is 1. The quantitative estimate of drug-likeness (QED) is 0.768. The molecule has 0 heterocycles. The monoisotopic (exact) mass is 239 g/mol. The minimum absolute atomic E-state index is 0.0466. The van der Waals surface area contributed by atoms with Crippen LogP contribution < -0.4 is 5.32 Å². The summed E-state index contributed by atoms with van der Waals surface area (Å²) in [5.41, 5.74) is 0.326. The molecule has 2 fully saturated rings. The van der Waals surface area contributed by atoms with E-state index in [0.717, 1.165) is 25.8 Å². The molecule has 96 valence electrons. The van der Waals surface area contributed by atoms with E-state index in [4.69, 9.17) is 5.11 Å². The van der Waals surface area contributed by atoms with Gasteiger partial charge in [-0.1, -0.05) is 13.3 Å². The van der Waals surface area contributed by atoms with Gasteiger partial charge in [0.2, 0.25) is 5.91 Å². The number of carboxylic acid groups (broad SMARTS) is 1. The van der Waals surface area contributed by atoms with Crippen molar-refractivity contribution in [3.8, 4) is 0 Å². The highest BCUT2D eigenvalue weighted by atomic mass is 16.4. The van der Waals surface area contributed by atoms with Gasteiger partial charge in [0, 0.05) is 6.54 Å². The van der Waals surface area contributed by atoms with Gasteiger partial charge in [0.25, 0.3) is 0 Å². The molecule has 1 amide bonds. The molecule has 2 aliphatic rings. The number of nitrogens with one attached hydrogen (secondary N) is 1. The molecule has 0 unspecified atom stereocenters. The number of carbonyl (C=O) groups is 2. The average molecular weight is 239 g/mol. The molecule has 0 aliphatic heterocycles. The molecule has 2 saturated carbocycles. The van der Waals surface area contributed by atoms with E-state index in [2.05, 4.69) is 12.2 Å². The Morgan fingerprint density at radius 1 is 1.29 bits per heavy atom. The predicted octanol–water partition coefficient (Wildman–Crippen LogP) is 1.79. The van der Waals surface area contributed by atoms with Gasteiger partial charge in [-0.25, -0.2) is 0 Å². The van der Waals surface area contributed by atoms with Crippen molar-refractivity contribution >= 4 is 11.9 Å². The lowest BCUT2D eigenvalue weighted by atomic mass is 9.95. The SMILES string of the molecule is CCC1(CNC(=O)[C@@H]2CCC[C@@H]2C(=O)O)CC1. The molecular formula is C13H21NO3. The van der Waals surface area contributed by atoms with E-state index in [1.807, 2.05) is 0 Å². The van der Waals surface area contributed by atoms with E-state index in [1.165, 1.54) is 12.8 Å². The molecule has 2 N–H and O–H groups in total. The molecular weight excluding hydrogens is 218 g/mol. The van der Waals surface area contributed by atoms with Crippen molar-refractivity contribution in [2.75, 3.05) is 6.54 Å². The number of carbonyl (C=O) groups excluding carboxylic acids is 1. The molecule has 0 spiro atoms. The summed E-state index contributed by atoms with van der Waals surface area (Å²) in [5.74, 6) is -1.64. The molecule has 2 atom stereocenters. The van der Waals surface area contributed by atoms with Gasteiger partial charge in [-0.3, -0.25) is 9.59 Å². The summed E-state index contributed by atoms with van der Waals surface area (Å²) < 4.78 is 0. The number of aliphatic carboxylic acids is 1. The predicted molar refractivity (Wildman–Crippen MR) is 63.4 cm³/mol. The first-order valence-electron chi connectivity index (χ1n) is 6.58. The van der Waals surface area contributed by atoms with Gasteiger partial charge in [0.05, 0.1) is 11.8 Å². The zero-order valence-corrected chi connectivity index (χ0v) is 10.4. The normalized spacial score (nSPS) is 29.9. The Hall–Kier alpha value is -1.06. The number of rotatable bonds is 5. The molecule has 0 aromatic carbocycles. The Morgan fingerprint density at radius 2 is 1.94 bits per heavy atom. The first-order chi connectivity index (χ1) is 8.08. The standard InChI is InChI=1S/C13H21NO3/c1-2-13(6-7-13)8-14-11(15)9-4-3-5-10(9)12(16)17/h9-10H,2-8H2,1H3,(H,14,15)(H,16,17)/t9-,10+/m1/s1. The average Bonchev–Trinajstić information content (AvgIpc) is 2.91. The Labute approximate surface area is 102 Å². The van der Waals surface area contributed by atoms with Crippen molar-refractivity contribution in [1.82, 2.24) is 5.32 Å². The Balaban J connectivity index is 1.85. The van der Waals surface area contributed by atoms with Gasteiger partial charge in [-0.2, -0.15) is 0 Å². The Morgan fingerprint density at radius 3 is 2.47 bits per heavy atom. The van der Waals surface area contributed by atoms with Gasteiger partial charge in [-0.05, 0) is 37.5 Å². The van der Waals surface area contributed by atoms with Crippen LogP contribution in [0, 0.1) is 17.3 Å². The highest BCUT2D eigenvalue weighted by molar-refractivity contribution is 5.85. The number of amides is 1. The van der Waals surface area contributed by atoms with Crippen LogP contribution in [-0.4, -0.2) is 23.5 Å². The fraction of sp³-hybridized carbons (Fsp3) is 0.846. The lowest BCUT2D eigenvalue weighted by Crippen LogP contribution is -2.38. The van der Waals surface area contributed by atoms with Gasteiger partial charge in [0.1, 0.15) is 0 Å². The first-order valence-corrected chi connectivity index (χ1v) is 6.58. The van der Waals surface area contributed by atoms with Crippen LogP contribution in [0.15, 0.2) is 0 Å². The second-order valence-electron chi connectivity index (χ2n) is 5.55. The maximum atomic E-state index is 12.0. The molecule has 0 aromatic heterocycles. The highest BCUT2D eigenvalue weighted by Gasteiger charge is 2.42. The minimum atomic E-state index is -0.820. The van der Waals surface area contributed by atoms with Gasteiger partial charge in [0.15, 0.2) is 0 Å². The lowest BCUT2D eigenvalue weighted by molar-refractivity contribution is -0.146. The summed E-state index contributed by atoms with van der Waals surface area (Å²) in [7, 11) is 0. The smallest absolute Gasteiger partial charge is 0.307 e. The van der Waals surface area contributed by atoms with Crippen molar-refractivity contribution in [3.63, 3.8) is 0 Å². The second kappa shape index (κ2) is 4.67. The fourth-order valence-electron chi connectivity index (χ4n) is 2.81. The van der Waals surface area contributed by atoms with E-state index >= 15 is 0 Å². The van der Waals surface area contributed by atoms with E-state index in [0.29, 0.717) is 11.8 Å². The van der Waals surface area contributed by atoms with Crippen molar-refractivity contribution in [3.05, 3.63) is 0 Å². The molecule has 17 heavy (non-hydrogen) atoms. The third-order valence-electron chi connectivity index (χ3n) is 4.51. The van der Waals surface area contributed by atoms with E-state index in [1.54, 1.807) is 0 Å². The van der Waals surface area contributed by atoms with E-state index < -0.39 is 11.9 Å². The highest BCUT2D eigenvalue weighted by Crippen LogP contribution is 2.48. The van der Waals surface area contributed by atoms with E-state index in [9.17, 15) is 9.59 Å². The number of hydrogen-bond acceptors (Lipinski definition) is 2. The minimum Gasteiger partial charge on any atom is -0.481 e. The van der Waals surface area contributed by atoms with Gasteiger partial charge in [-0.15, -0.1) is 0 Å². The van der Waals surface area contributed by atoms with Crippen LogP contribution in [0.4, 0.5) is 0 Å².